The Kier molecular flexibility index (Phi) is 4.64. The Hall–Kier alpha value is -3.74. The van der Waals surface area contributed by atoms with Crippen molar-refractivity contribution >= 4 is 23.7 Å². The third-order valence-electron chi connectivity index (χ3n) is 6.94. The number of nitrogens with zero attached hydrogens (tertiary/aromatic N) is 4. The first-order chi connectivity index (χ1) is 16.1. The van der Waals surface area contributed by atoms with Crippen molar-refractivity contribution in [3.63, 3.8) is 0 Å². The molecule has 6 rings (SSSR count). The fourth-order valence-corrected chi connectivity index (χ4v) is 5.37. The number of β-lactam (4-membered cyclic amide) rings is 1. The maximum absolute atomic E-state index is 12.6. The van der Waals surface area contributed by atoms with E-state index in [0.29, 0.717) is 23.5 Å². The van der Waals surface area contributed by atoms with Crippen LogP contribution in [0.25, 0.3) is 11.9 Å². The molecule has 33 heavy (non-hydrogen) atoms. The second-order valence-electron chi connectivity index (χ2n) is 8.93. The van der Waals surface area contributed by atoms with Crippen molar-refractivity contribution in [3.8, 4) is 0 Å². The number of amides is 1. The predicted molar refractivity (Wildman–Crippen MR) is 122 cm³/mol. The number of imidazole rings is 1. The molecule has 0 saturated carbocycles. The minimum atomic E-state index is -1.06. The summed E-state index contributed by atoms with van der Waals surface area (Å²) in [5, 5.41) is 9.26. The van der Waals surface area contributed by atoms with Crippen molar-refractivity contribution in [1.82, 2.24) is 19.3 Å². The van der Waals surface area contributed by atoms with Crippen molar-refractivity contribution < 1.29 is 14.7 Å². The summed E-state index contributed by atoms with van der Waals surface area (Å²) in [4.78, 5) is 34.9. The van der Waals surface area contributed by atoms with Crippen molar-refractivity contribution in [2.45, 2.75) is 51.0 Å². The van der Waals surface area contributed by atoms with Gasteiger partial charge in [0.2, 0.25) is 5.78 Å². The number of hydrogen-bond acceptors (Lipinski definition) is 4. The highest BCUT2D eigenvalue weighted by atomic mass is 16.4. The van der Waals surface area contributed by atoms with Crippen LogP contribution in [0.2, 0.25) is 0 Å². The third kappa shape index (κ3) is 3.26. The van der Waals surface area contributed by atoms with Crippen LogP contribution in [0.3, 0.4) is 0 Å². The Morgan fingerprint density at radius 3 is 2.82 bits per heavy atom. The van der Waals surface area contributed by atoms with Gasteiger partial charge in [0, 0.05) is 23.2 Å². The van der Waals surface area contributed by atoms with Crippen molar-refractivity contribution in [2.24, 2.45) is 0 Å². The number of fused-ring (bicyclic) bond motifs is 4. The van der Waals surface area contributed by atoms with E-state index in [0.717, 1.165) is 44.2 Å². The summed E-state index contributed by atoms with van der Waals surface area (Å²) in [5.41, 5.74) is 6.52. The topological polar surface area (TPSA) is 87.8 Å². The van der Waals surface area contributed by atoms with Gasteiger partial charge in [-0.2, -0.15) is 0 Å². The molecule has 1 N–H and O–H groups in total. The molecule has 1 atom stereocenters. The van der Waals surface area contributed by atoms with Gasteiger partial charge in [-0.3, -0.25) is 14.1 Å². The molecule has 1 saturated heterocycles. The van der Waals surface area contributed by atoms with Crippen LogP contribution in [0.15, 0.2) is 53.9 Å². The smallest absolute Gasteiger partial charge is 0.352 e. The van der Waals surface area contributed by atoms with E-state index in [1.165, 1.54) is 21.7 Å². The van der Waals surface area contributed by atoms with E-state index in [-0.39, 0.29) is 17.6 Å². The zero-order valence-corrected chi connectivity index (χ0v) is 18.2. The molecule has 2 aliphatic heterocycles. The summed E-state index contributed by atoms with van der Waals surface area (Å²) < 4.78 is 2.08. The Labute approximate surface area is 191 Å². The van der Waals surface area contributed by atoms with Crippen molar-refractivity contribution in [1.29, 1.82) is 0 Å². The molecule has 1 aliphatic carbocycles. The maximum atomic E-state index is 12.6. The first kappa shape index (κ1) is 19.9. The van der Waals surface area contributed by atoms with Gasteiger partial charge in [-0.25, -0.2) is 14.8 Å². The van der Waals surface area contributed by atoms with Gasteiger partial charge in [0.15, 0.2) is 0 Å². The van der Waals surface area contributed by atoms with Gasteiger partial charge in [-0.15, -0.1) is 0 Å². The first-order valence-corrected chi connectivity index (χ1v) is 11.5. The Morgan fingerprint density at radius 2 is 2.00 bits per heavy atom. The number of aliphatic carboxylic acids is 1. The van der Waals surface area contributed by atoms with E-state index in [9.17, 15) is 14.7 Å². The minimum Gasteiger partial charge on any atom is -0.477 e. The zero-order valence-electron chi connectivity index (χ0n) is 18.2. The number of carbonyl (C=O) groups excluding carboxylic acids is 1. The average Bonchev–Trinajstić information content (AvgIpc) is 3.54. The summed E-state index contributed by atoms with van der Waals surface area (Å²) in [6.07, 6.45) is 12.1. The largest absolute Gasteiger partial charge is 0.477 e. The van der Waals surface area contributed by atoms with Crippen LogP contribution >= 0.6 is 0 Å². The van der Waals surface area contributed by atoms with Gasteiger partial charge in [0.05, 0.1) is 11.7 Å². The second-order valence-corrected chi connectivity index (χ2v) is 8.93. The van der Waals surface area contributed by atoms with Crippen LogP contribution in [-0.2, 0) is 35.3 Å². The summed E-state index contributed by atoms with van der Waals surface area (Å²) in [6, 6.07) is 10.3. The number of carbonyl (C=O) groups is 2. The van der Waals surface area contributed by atoms with Crippen LogP contribution in [0.1, 0.15) is 47.5 Å². The lowest BCUT2D eigenvalue weighted by Gasteiger charge is -2.38. The van der Waals surface area contributed by atoms with Crippen molar-refractivity contribution in [2.75, 3.05) is 0 Å². The van der Waals surface area contributed by atoms with E-state index in [1.807, 2.05) is 12.3 Å². The number of rotatable bonds is 6. The maximum Gasteiger partial charge on any atom is 0.352 e. The molecule has 4 heterocycles. The first-order valence-electron chi connectivity index (χ1n) is 11.5. The van der Waals surface area contributed by atoms with Crippen LogP contribution in [-0.4, -0.2) is 42.3 Å². The monoisotopic (exact) mass is 440 g/mol. The molecular formula is C26H24N4O3. The molecule has 3 aromatic rings. The Morgan fingerprint density at radius 1 is 1.15 bits per heavy atom. The Balaban J connectivity index is 1.26. The van der Waals surface area contributed by atoms with E-state index in [1.54, 1.807) is 12.2 Å². The molecule has 166 valence electrons. The summed E-state index contributed by atoms with van der Waals surface area (Å²) in [7, 11) is 0. The molecular weight excluding hydrogens is 416 g/mol. The Bertz CT molecular complexity index is 1350. The predicted octanol–water partition coefficient (Wildman–Crippen LogP) is 3.36. The highest BCUT2D eigenvalue weighted by molar-refractivity contribution is 6.11. The minimum absolute atomic E-state index is 0.0804. The SMILES string of the molecule is O=C(O)C1=CCC2/C(=C\c3cn4c5c(c(CCCc6ccccc6)nc4n3)CCC5)C(=O)N12. The summed E-state index contributed by atoms with van der Waals surface area (Å²) in [5.74, 6) is -0.628. The second kappa shape index (κ2) is 7.69. The number of aryl methyl sites for hydroxylation is 3. The number of carboxylic acid groups (broad SMARTS) is 1. The van der Waals surface area contributed by atoms with Gasteiger partial charge >= 0.3 is 5.97 Å². The fraction of sp³-hybridized carbons (Fsp3) is 0.308. The molecule has 0 bridgehead atoms. The number of hydrogen-bond donors (Lipinski definition) is 1. The van der Waals surface area contributed by atoms with Crippen LogP contribution in [0, 0.1) is 0 Å². The molecule has 3 aliphatic rings. The number of aromatic nitrogens is 3. The van der Waals surface area contributed by atoms with Gasteiger partial charge in [0.1, 0.15) is 5.70 Å². The summed E-state index contributed by atoms with van der Waals surface area (Å²) >= 11 is 0. The molecule has 7 heteroatoms. The van der Waals surface area contributed by atoms with Crippen LogP contribution in [0.4, 0.5) is 0 Å². The fourth-order valence-electron chi connectivity index (χ4n) is 5.37. The van der Waals surface area contributed by atoms with Crippen LogP contribution in [0.5, 0.6) is 0 Å². The zero-order chi connectivity index (χ0) is 22.5. The number of carboxylic acids is 1. The molecule has 0 radical (unpaired) electrons. The van der Waals surface area contributed by atoms with E-state index in [4.69, 9.17) is 9.97 Å². The average molecular weight is 441 g/mol. The van der Waals surface area contributed by atoms with Gasteiger partial charge in [-0.1, -0.05) is 36.4 Å². The molecule has 1 amide bonds. The van der Waals surface area contributed by atoms with E-state index >= 15 is 0 Å². The quantitative estimate of drug-likeness (QED) is 0.469. The van der Waals surface area contributed by atoms with Crippen molar-refractivity contribution in [3.05, 3.63) is 82.1 Å². The molecule has 1 aromatic carbocycles. The number of benzene rings is 1. The highest BCUT2D eigenvalue weighted by Crippen LogP contribution is 2.39. The molecule has 0 spiro atoms. The van der Waals surface area contributed by atoms with E-state index in [2.05, 4.69) is 28.7 Å². The molecule has 1 fully saturated rings. The van der Waals surface area contributed by atoms with Gasteiger partial charge in [-0.05, 0) is 62.1 Å². The highest BCUT2D eigenvalue weighted by Gasteiger charge is 2.48. The molecule has 1 unspecified atom stereocenters. The van der Waals surface area contributed by atoms with Crippen LogP contribution < -0.4 is 0 Å². The third-order valence-corrected chi connectivity index (χ3v) is 6.94. The summed E-state index contributed by atoms with van der Waals surface area (Å²) in [6.45, 7) is 0. The molecule has 7 nitrogen and oxygen atoms in total. The lowest BCUT2D eigenvalue weighted by Crippen LogP contribution is -2.52. The standard InChI is InChI=1S/C26H24N4O3/c31-24-19(22-12-13-23(25(32)33)30(22)24)14-17-15-29-21-11-5-9-18(21)20(28-26(29)27-17)10-4-8-16-6-2-1-3-7-16/h1-3,6-7,13-15,22H,4-5,8-12H2,(H,32,33)/b19-14+. The van der Waals surface area contributed by atoms with Gasteiger partial charge < -0.3 is 5.11 Å². The lowest BCUT2D eigenvalue weighted by atomic mass is 9.94. The molecule has 2 aromatic heterocycles. The lowest BCUT2D eigenvalue weighted by molar-refractivity contribution is -0.142. The van der Waals surface area contributed by atoms with Gasteiger partial charge in [0.25, 0.3) is 5.91 Å². The normalized spacial score (nSPS) is 20.2. The van der Waals surface area contributed by atoms with E-state index < -0.39 is 5.97 Å².